The third-order valence-corrected chi connectivity index (χ3v) is 3.15. The van der Waals surface area contributed by atoms with Gasteiger partial charge in [-0.25, -0.2) is 0 Å². The summed E-state index contributed by atoms with van der Waals surface area (Å²) in [4.78, 5) is 0. The fourth-order valence-electron chi connectivity index (χ4n) is 1.59. The van der Waals surface area contributed by atoms with E-state index < -0.39 is 11.7 Å². The van der Waals surface area contributed by atoms with Crippen molar-refractivity contribution in [3.63, 3.8) is 0 Å². The normalized spacial score (nSPS) is 12.2. The highest BCUT2D eigenvalue weighted by molar-refractivity contribution is 7.98. The number of hydrogen-bond donors (Lipinski definition) is 0. The third-order valence-electron chi connectivity index (χ3n) is 2.53. The van der Waals surface area contributed by atoms with Gasteiger partial charge >= 0.3 is 6.18 Å². The molecule has 2 rings (SSSR count). The van der Waals surface area contributed by atoms with Crippen molar-refractivity contribution in [2.45, 2.75) is 18.3 Å². The van der Waals surface area contributed by atoms with Crippen LogP contribution in [0.2, 0.25) is 0 Å². The molecule has 106 valence electrons. The van der Waals surface area contributed by atoms with Gasteiger partial charge in [0, 0.05) is 5.56 Å². The van der Waals surface area contributed by atoms with Crippen molar-refractivity contribution in [3.05, 3.63) is 41.2 Å². The molecular weight excluding hydrogens is 289 g/mol. The van der Waals surface area contributed by atoms with E-state index in [-0.39, 0.29) is 5.56 Å². The first-order chi connectivity index (χ1) is 9.43. The predicted octanol–water partition coefficient (Wildman–Crippen LogP) is 3.21. The fourth-order valence-corrected chi connectivity index (χ4v) is 2.06. The van der Waals surface area contributed by atoms with Crippen LogP contribution in [0.3, 0.4) is 0 Å². The van der Waals surface area contributed by atoms with Crippen LogP contribution >= 0.6 is 11.8 Å². The van der Waals surface area contributed by atoms with E-state index in [2.05, 4.69) is 15.3 Å². The molecular formula is C12H11F3N4S. The Balaban J connectivity index is 2.40. The Labute approximate surface area is 117 Å². The van der Waals surface area contributed by atoms with Gasteiger partial charge in [-0.3, -0.25) is 0 Å². The average Bonchev–Trinajstić information content (AvgIpc) is 2.76. The summed E-state index contributed by atoms with van der Waals surface area (Å²) in [7, 11) is 0. The lowest BCUT2D eigenvalue weighted by atomic mass is 10.1. The molecule has 0 fully saturated rings. The van der Waals surface area contributed by atoms with E-state index >= 15 is 0 Å². The number of nitrogens with zero attached hydrogens (tertiary/aromatic N) is 4. The van der Waals surface area contributed by atoms with Crippen LogP contribution < -0.4 is 0 Å². The molecule has 0 saturated heterocycles. The molecule has 0 aliphatic heterocycles. The molecule has 0 aliphatic carbocycles. The zero-order valence-corrected chi connectivity index (χ0v) is 11.5. The Morgan fingerprint density at radius 2 is 1.95 bits per heavy atom. The standard InChI is InChI=1S/C12H11F3N4S/c1-8-17-18-11(20-2)19(8)16-7-9-5-3-4-6-10(9)12(13,14)15/h3-7H,1-2H3/b16-7-. The SMILES string of the molecule is CSc1nnc(C)n1/N=C\c1ccccc1C(F)(F)F. The van der Waals surface area contributed by atoms with E-state index in [9.17, 15) is 13.2 Å². The Kier molecular flexibility index (Phi) is 4.12. The summed E-state index contributed by atoms with van der Waals surface area (Å²) >= 11 is 1.31. The van der Waals surface area contributed by atoms with Gasteiger partial charge in [-0.15, -0.1) is 10.2 Å². The van der Waals surface area contributed by atoms with Gasteiger partial charge in [0.25, 0.3) is 0 Å². The Morgan fingerprint density at radius 3 is 2.60 bits per heavy atom. The number of hydrogen-bond acceptors (Lipinski definition) is 4. The van der Waals surface area contributed by atoms with E-state index in [1.807, 2.05) is 0 Å². The first kappa shape index (κ1) is 14.6. The number of aromatic nitrogens is 3. The predicted molar refractivity (Wildman–Crippen MR) is 71.0 cm³/mol. The minimum absolute atomic E-state index is 0.000142. The molecule has 0 unspecified atom stereocenters. The molecule has 2 aromatic rings. The molecule has 0 saturated carbocycles. The quantitative estimate of drug-likeness (QED) is 0.646. The highest BCUT2D eigenvalue weighted by Crippen LogP contribution is 2.31. The van der Waals surface area contributed by atoms with Crippen LogP contribution in [0.4, 0.5) is 13.2 Å². The maximum absolute atomic E-state index is 12.8. The van der Waals surface area contributed by atoms with Crippen molar-refractivity contribution in [2.75, 3.05) is 6.26 Å². The molecule has 8 heteroatoms. The van der Waals surface area contributed by atoms with Gasteiger partial charge in [-0.05, 0) is 19.2 Å². The van der Waals surface area contributed by atoms with Gasteiger partial charge in [-0.1, -0.05) is 30.0 Å². The van der Waals surface area contributed by atoms with Crippen LogP contribution in [-0.2, 0) is 6.18 Å². The van der Waals surface area contributed by atoms with Crippen molar-refractivity contribution >= 4 is 18.0 Å². The topological polar surface area (TPSA) is 43.1 Å². The monoisotopic (exact) mass is 300 g/mol. The van der Waals surface area contributed by atoms with Gasteiger partial charge in [0.15, 0.2) is 5.82 Å². The number of aryl methyl sites for hydroxylation is 1. The largest absolute Gasteiger partial charge is 0.417 e. The Bertz CT molecular complexity index is 634. The summed E-state index contributed by atoms with van der Waals surface area (Å²) in [6, 6.07) is 5.27. The lowest BCUT2D eigenvalue weighted by Gasteiger charge is -2.09. The van der Waals surface area contributed by atoms with Crippen LogP contribution in [-0.4, -0.2) is 27.3 Å². The summed E-state index contributed by atoms with van der Waals surface area (Å²) in [6.07, 6.45) is -1.45. The fraction of sp³-hybridized carbons (Fsp3) is 0.250. The van der Waals surface area contributed by atoms with E-state index in [1.165, 1.54) is 40.9 Å². The molecule has 0 aliphatic rings. The maximum atomic E-state index is 12.8. The molecule has 0 N–H and O–H groups in total. The first-order valence-corrected chi connectivity index (χ1v) is 6.82. The molecule has 20 heavy (non-hydrogen) atoms. The lowest BCUT2D eigenvalue weighted by molar-refractivity contribution is -0.137. The molecule has 1 heterocycles. The van der Waals surface area contributed by atoms with Crippen molar-refractivity contribution in [2.24, 2.45) is 5.10 Å². The molecule has 1 aromatic heterocycles. The molecule has 0 atom stereocenters. The van der Waals surface area contributed by atoms with Crippen LogP contribution in [0.5, 0.6) is 0 Å². The second-order valence-electron chi connectivity index (χ2n) is 3.88. The lowest BCUT2D eigenvalue weighted by Crippen LogP contribution is -2.09. The molecule has 0 bridgehead atoms. The summed E-state index contributed by atoms with van der Waals surface area (Å²) in [5.41, 5.74) is -0.722. The van der Waals surface area contributed by atoms with E-state index in [1.54, 1.807) is 13.2 Å². The van der Waals surface area contributed by atoms with Crippen LogP contribution in [0.15, 0.2) is 34.5 Å². The van der Waals surface area contributed by atoms with E-state index in [0.717, 1.165) is 6.07 Å². The van der Waals surface area contributed by atoms with Crippen LogP contribution in [0, 0.1) is 6.92 Å². The first-order valence-electron chi connectivity index (χ1n) is 5.60. The van der Waals surface area contributed by atoms with Gasteiger partial charge in [0.2, 0.25) is 5.16 Å². The minimum atomic E-state index is -4.41. The molecule has 4 nitrogen and oxygen atoms in total. The third kappa shape index (κ3) is 3.01. The Hall–Kier alpha value is -1.83. The number of rotatable bonds is 3. The summed E-state index contributed by atoms with van der Waals surface area (Å²) in [5, 5.41) is 12.2. The number of benzene rings is 1. The zero-order valence-electron chi connectivity index (χ0n) is 10.7. The average molecular weight is 300 g/mol. The smallest absolute Gasteiger partial charge is 0.192 e. The van der Waals surface area contributed by atoms with E-state index in [0.29, 0.717) is 11.0 Å². The molecule has 1 aromatic carbocycles. The maximum Gasteiger partial charge on any atom is 0.417 e. The van der Waals surface area contributed by atoms with Gasteiger partial charge in [0.1, 0.15) is 0 Å². The van der Waals surface area contributed by atoms with Gasteiger partial charge in [-0.2, -0.15) is 22.9 Å². The number of alkyl halides is 3. The summed E-state index contributed by atoms with van der Waals surface area (Å²) in [6.45, 7) is 1.68. The van der Waals surface area contributed by atoms with Crippen molar-refractivity contribution < 1.29 is 13.2 Å². The highest BCUT2D eigenvalue weighted by Gasteiger charge is 2.32. The second kappa shape index (κ2) is 5.66. The summed E-state index contributed by atoms with van der Waals surface area (Å²) in [5.74, 6) is 0.509. The highest BCUT2D eigenvalue weighted by atomic mass is 32.2. The zero-order chi connectivity index (χ0) is 14.8. The van der Waals surface area contributed by atoms with Crippen LogP contribution in [0.1, 0.15) is 17.0 Å². The second-order valence-corrected chi connectivity index (χ2v) is 4.65. The van der Waals surface area contributed by atoms with Crippen molar-refractivity contribution in [1.29, 1.82) is 0 Å². The van der Waals surface area contributed by atoms with E-state index in [4.69, 9.17) is 0 Å². The molecule has 0 spiro atoms. The number of halogens is 3. The van der Waals surface area contributed by atoms with Gasteiger partial charge < -0.3 is 0 Å². The van der Waals surface area contributed by atoms with Crippen LogP contribution in [0.25, 0.3) is 0 Å². The minimum Gasteiger partial charge on any atom is -0.192 e. The van der Waals surface area contributed by atoms with Gasteiger partial charge in [0.05, 0.1) is 11.8 Å². The van der Waals surface area contributed by atoms with Crippen molar-refractivity contribution in [3.8, 4) is 0 Å². The number of thioether (sulfide) groups is 1. The Morgan fingerprint density at radius 1 is 1.25 bits per heavy atom. The molecule has 0 radical (unpaired) electrons. The summed E-state index contributed by atoms with van der Waals surface area (Å²) < 4.78 is 39.9. The molecule has 0 amide bonds. The van der Waals surface area contributed by atoms with Crippen molar-refractivity contribution in [1.82, 2.24) is 14.9 Å².